The Morgan fingerprint density at radius 2 is 1.36 bits per heavy atom. The summed E-state index contributed by atoms with van der Waals surface area (Å²) >= 11 is 0. The summed E-state index contributed by atoms with van der Waals surface area (Å²) in [7, 11) is 3.01. The molecule has 70 valence electrons. The monoisotopic (exact) mass is 501 g/mol. The van der Waals surface area contributed by atoms with Gasteiger partial charge in [-0.15, -0.1) is 0 Å². The van der Waals surface area contributed by atoms with Gasteiger partial charge in [0.1, 0.15) is 6.79 Å². The molecule has 0 atom stereocenters. The van der Waals surface area contributed by atoms with Crippen molar-refractivity contribution in [2.24, 2.45) is 5.73 Å². The summed E-state index contributed by atoms with van der Waals surface area (Å²) in [5.41, 5.74) is 4.50. The summed E-state index contributed by atoms with van der Waals surface area (Å²) in [5.74, 6) is 0. The summed E-state index contributed by atoms with van der Waals surface area (Å²) in [6.07, 6.45) is 1.43. The van der Waals surface area contributed by atoms with Crippen LogP contribution in [0.1, 0.15) is 0 Å². The van der Waals surface area contributed by atoms with Crippen molar-refractivity contribution in [3.8, 4) is 0 Å². The molecule has 0 saturated heterocycles. The van der Waals surface area contributed by atoms with E-state index in [1.54, 1.807) is 0 Å². The molecular formula is C5H14N2O2W2-2. The second kappa shape index (κ2) is 153. The van der Waals surface area contributed by atoms with Crippen LogP contribution in [0.2, 0.25) is 0 Å². The van der Waals surface area contributed by atoms with Crippen molar-refractivity contribution in [1.29, 1.82) is 0 Å². The van der Waals surface area contributed by atoms with E-state index in [0.29, 0.717) is 0 Å². The van der Waals surface area contributed by atoms with Crippen molar-refractivity contribution in [3.63, 3.8) is 0 Å². The minimum absolute atomic E-state index is 0. The van der Waals surface area contributed by atoms with Gasteiger partial charge in [0, 0.05) is 42.1 Å². The summed E-state index contributed by atoms with van der Waals surface area (Å²) in [4.78, 5) is 16.9. The average molecular weight is 501 g/mol. The van der Waals surface area contributed by atoms with Gasteiger partial charge in [-0.1, -0.05) is 0 Å². The third kappa shape index (κ3) is 345. The fourth-order valence-corrected chi connectivity index (χ4v) is 0. The SMILES string of the molecule is CN.CN[C-]=O.[11CH2]=O.[CH3-].[W].[W]. The molecule has 6 heteroatoms. The van der Waals surface area contributed by atoms with Crippen LogP contribution in [-0.4, -0.2) is 27.3 Å². The van der Waals surface area contributed by atoms with Gasteiger partial charge in [-0.25, -0.2) is 0 Å². The van der Waals surface area contributed by atoms with Crippen LogP contribution in [0.25, 0.3) is 0 Å². The fourth-order valence-electron chi connectivity index (χ4n) is 0. The standard InChI is InChI=1S/C2H4NO.CH5N.CH2O.CH3.2W/c1-3-2-4;2*1-2;;;/h1H3,(H,3,4);2H2,1H3;1H2;1H3;;/q-1;;;-1;;/i;;1-1;;;. The molecule has 0 aromatic carbocycles. The van der Waals surface area contributed by atoms with Crippen LogP contribution in [0.3, 0.4) is 0 Å². The molecule has 0 aliphatic rings. The minimum Gasteiger partial charge on any atom is -0.532 e. The summed E-state index contributed by atoms with van der Waals surface area (Å²) in [5, 5.41) is 2.12. The second-order valence-corrected chi connectivity index (χ2v) is 0.352. The Kier molecular flexibility index (Phi) is 586. The molecule has 0 heterocycles. The van der Waals surface area contributed by atoms with Gasteiger partial charge < -0.3 is 28.1 Å². The Hall–Kier alpha value is 0.477. The molecule has 0 saturated carbocycles. The van der Waals surface area contributed by atoms with E-state index >= 15 is 0 Å². The Morgan fingerprint density at radius 3 is 1.36 bits per heavy atom. The number of nitrogens with two attached hydrogens (primary N) is 1. The van der Waals surface area contributed by atoms with Gasteiger partial charge in [0.05, 0.1) is 0 Å². The predicted molar refractivity (Wildman–Crippen MR) is 38.4 cm³/mol. The zero-order valence-corrected chi connectivity index (χ0v) is 12.8. The van der Waals surface area contributed by atoms with Crippen LogP contribution in [0.15, 0.2) is 0 Å². The zero-order valence-electron chi connectivity index (χ0n) is 6.92. The van der Waals surface area contributed by atoms with E-state index in [1.807, 2.05) is 6.79 Å². The van der Waals surface area contributed by atoms with Crippen LogP contribution >= 0.6 is 0 Å². The predicted octanol–water partition coefficient (Wildman–Crippen LogP) is -0.892. The largest absolute Gasteiger partial charge is 0.532 e. The van der Waals surface area contributed by atoms with Gasteiger partial charge in [-0.05, 0) is 14.1 Å². The van der Waals surface area contributed by atoms with Crippen molar-refractivity contribution in [2.45, 2.75) is 0 Å². The maximum absolute atomic E-state index is 8.94. The molecule has 0 aromatic heterocycles. The van der Waals surface area contributed by atoms with E-state index in [0.717, 1.165) is 0 Å². The van der Waals surface area contributed by atoms with Crippen LogP contribution in [-0.2, 0) is 51.7 Å². The van der Waals surface area contributed by atoms with Crippen molar-refractivity contribution in [1.82, 2.24) is 5.32 Å². The number of carbonyl (C=O) groups excluding carboxylic acids is 2. The van der Waals surface area contributed by atoms with Crippen LogP contribution < -0.4 is 11.1 Å². The van der Waals surface area contributed by atoms with Crippen LogP contribution in [0.4, 0.5) is 0 Å². The first-order chi connectivity index (χ1) is 3.91. The third-order valence-electron chi connectivity index (χ3n) is 0.102. The number of nitrogens with one attached hydrogen (secondary N) is 1. The molecule has 1 amide bonds. The van der Waals surface area contributed by atoms with E-state index in [1.165, 1.54) is 20.5 Å². The first kappa shape index (κ1) is 42.0. The molecular weight excluding hydrogens is 487 g/mol. The average Bonchev–Trinajstić information content (AvgIpc) is 1.96. The molecule has 0 radical (unpaired) electrons. The molecule has 0 aliphatic carbocycles. The van der Waals surface area contributed by atoms with Crippen LogP contribution in [0.5, 0.6) is 0 Å². The van der Waals surface area contributed by atoms with E-state index < -0.39 is 0 Å². The third-order valence-corrected chi connectivity index (χ3v) is 0.102. The van der Waals surface area contributed by atoms with Crippen molar-refractivity contribution < 1.29 is 51.7 Å². The number of hydrogen-bond donors (Lipinski definition) is 2. The normalized spacial score (nSPS) is 2.82. The molecule has 0 unspecified atom stereocenters. The second-order valence-electron chi connectivity index (χ2n) is 0.352. The van der Waals surface area contributed by atoms with Gasteiger partial charge in [0.2, 0.25) is 0 Å². The molecule has 0 spiro atoms. The Bertz CT molecular complexity index is 41.7. The van der Waals surface area contributed by atoms with Gasteiger partial charge in [0.15, 0.2) is 0 Å². The van der Waals surface area contributed by atoms with Gasteiger partial charge in [-0.2, -0.15) is 6.41 Å². The van der Waals surface area contributed by atoms with Crippen molar-refractivity contribution in [3.05, 3.63) is 7.43 Å². The molecule has 11 heavy (non-hydrogen) atoms. The van der Waals surface area contributed by atoms with E-state index in [9.17, 15) is 0 Å². The number of carbonyl (C=O) groups is 1. The molecule has 0 aromatic rings. The smallest absolute Gasteiger partial charge is 0.106 e. The number of hydrogen-bond acceptors (Lipinski definition) is 3. The maximum Gasteiger partial charge on any atom is 0.106 e. The van der Waals surface area contributed by atoms with Gasteiger partial charge in [0.25, 0.3) is 0 Å². The summed E-state index contributed by atoms with van der Waals surface area (Å²) < 4.78 is 0. The van der Waals surface area contributed by atoms with Gasteiger partial charge >= 0.3 is 0 Å². The molecule has 4 nitrogen and oxygen atoms in total. The summed E-state index contributed by atoms with van der Waals surface area (Å²) in [6, 6.07) is 0. The summed E-state index contributed by atoms with van der Waals surface area (Å²) in [6.45, 7) is 2.00. The van der Waals surface area contributed by atoms with E-state index in [-0.39, 0.29) is 49.6 Å². The van der Waals surface area contributed by atoms with Crippen molar-refractivity contribution >= 4 is 13.2 Å². The first-order valence-electron chi connectivity index (χ1n) is 1.82. The first-order valence-corrected chi connectivity index (χ1v) is 1.82. The van der Waals surface area contributed by atoms with E-state index in [4.69, 9.17) is 9.59 Å². The molecule has 0 rings (SSSR count). The van der Waals surface area contributed by atoms with Crippen LogP contribution in [0, 0.1) is 7.43 Å². The van der Waals surface area contributed by atoms with Gasteiger partial charge in [-0.3, -0.25) is 0 Å². The van der Waals surface area contributed by atoms with E-state index in [2.05, 4.69) is 11.1 Å². The Labute approximate surface area is 97.2 Å². The zero-order chi connectivity index (χ0) is 7.41. The maximum atomic E-state index is 8.94. The molecule has 3 N–H and O–H groups in total. The molecule has 0 bridgehead atoms. The Morgan fingerprint density at radius 1 is 1.27 bits per heavy atom. The minimum atomic E-state index is 0. The molecule has 0 aliphatic heterocycles. The Balaban J connectivity index is -0.00000000813. The molecule has 0 fully saturated rings. The fraction of sp³-hybridized carbons (Fsp3) is 0.400. The topological polar surface area (TPSA) is 72.2 Å². The quantitative estimate of drug-likeness (QED) is 0.362. The van der Waals surface area contributed by atoms with Crippen molar-refractivity contribution in [2.75, 3.05) is 14.1 Å². The number of rotatable bonds is 1. The number of amides is 1.